The molecule has 0 spiro atoms. The zero-order valence-electron chi connectivity index (χ0n) is 10.7. The van der Waals surface area contributed by atoms with Gasteiger partial charge in [-0.25, -0.2) is 4.39 Å². The molecule has 0 radical (unpaired) electrons. The second kappa shape index (κ2) is 5.50. The highest BCUT2D eigenvalue weighted by atomic mass is 19.1. The lowest BCUT2D eigenvalue weighted by molar-refractivity contribution is 0.552. The smallest absolute Gasteiger partial charge is 0.125 e. The molecule has 2 nitrogen and oxygen atoms in total. The van der Waals surface area contributed by atoms with Crippen molar-refractivity contribution in [2.24, 2.45) is 5.92 Å². The Bertz CT molecular complexity index is 376. The number of halogens is 1. The molecule has 1 N–H and O–H groups in total. The molecule has 0 bridgehead atoms. The summed E-state index contributed by atoms with van der Waals surface area (Å²) in [6, 6.07) is 5.12. The summed E-state index contributed by atoms with van der Waals surface area (Å²) in [5.74, 6) is 0.545. The maximum Gasteiger partial charge on any atom is 0.125 e. The Balaban J connectivity index is 1.86. The van der Waals surface area contributed by atoms with Gasteiger partial charge in [0.05, 0.1) is 0 Å². The van der Waals surface area contributed by atoms with Crippen LogP contribution in [0.2, 0.25) is 0 Å². The summed E-state index contributed by atoms with van der Waals surface area (Å²) in [4.78, 5) is 2.27. The summed E-state index contributed by atoms with van der Waals surface area (Å²) < 4.78 is 13.2. The third-order valence-corrected chi connectivity index (χ3v) is 3.15. The Kier molecular flexibility index (Phi) is 4.00. The van der Waals surface area contributed by atoms with Crippen molar-refractivity contribution in [3.8, 4) is 0 Å². The van der Waals surface area contributed by atoms with Crippen LogP contribution in [-0.2, 0) is 6.42 Å². The quantitative estimate of drug-likeness (QED) is 0.790. The zero-order valence-corrected chi connectivity index (χ0v) is 10.7. The normalized spacial score (nSPS) is 14.5. The summed E-state index contributed by atoms with van der Waals surface area (Å²) in [6.07, 6.45) is 1.04. The first kappa shape index (κ1) is 12.4. The zero-order chi connectivity index (χ0) is 12.3. The van der Waals surface area contributed by atoms with E-state index in [4.69, 9.17) is 0 Å². The van der Waals surface area contributed by atoms with Crippen molar-refractivity contribution in [3.63, 3.8) is 0 Å². The number of nitrogens with zero attached hydrogens (tertiary/aromatic N) is 1. The van der Waals surface area contributed by atoms with E-state index in [0.717, 1.165) is 38.3 Å². The molecule has 2 rings (SSSR count). The summed E-state index contributed by atoms with van der Waals surface area (Å²) >= 11 is 0. The first-order valence-corrected chi connectivity index (χ1v) is 6.41. The highest BCUT2D eigenvalue weighted by Crippen LogP contribution is 2.27. The van der Waals surface area contributed by atoms with Gasteiger partial charge >= 0.3 is 0 Å². The summed E-state index contributed by atoms with van der Waals surface area (Å²) in [6.45, 7) is 8.39. The number of rotatable bonds is 5. The second-order valence-electron chi connectivity index (χ2n) is 5.11. The van der Waals surface area contributed by atoms with Gasteiger partial charge in [0, 0.05) is 25.3 Å². The van der Waals surface area contributed by atoms with Crippen LogP contribution in [0.5, 0.6) is 0 Å². The van der Waals surface area contributed by atoms with E-state index in [-0.39, 0.29) is 5.82 Å². The van der Waals surface area contributed by atoms with E-state index < -0.39 is 0 Å². The second-order valence-corrected chi connectivity index (χ2v) is 5.11. The fourth-order valence-electron chi connectivity index (χ4n) is 2.26. The van der Waals surface area contributed by atoms with E-state index >= 15 is 0 Å². The molecule has 0 fully saturated rings. The molecule has 1 aliphatic rings. The van der Waals surface area contributed by atoms with Gasteiger partial charge in [-0.1, -0.05) is 19.9 Å². The summed E-state index contributed by atoms with van der Waals surface area (Å²) in [5.41, 5.74) is 2.35. The third kappa shape index (κ3) is 3.19. The van der Waals surface area contributed by atoms with E-state index in [1.54, 1.807) is 12.1 Å². The number of anilines is 1. The Morgan fingerprint density at radius 1 is 1.41 bits per heavy atom. The average molecular weight is 236 g/mol. The molecule has 94 valence electrons. The molecule has 0 saturated carbocycles. The number of fused-ring (bicyclic) bond motifs is 1. The molecule has 1 aromatic carbocycles. The highest BCUT2D eigenvalue weighted by molar-refractivity contribution is 5.58. The molecule has 1 heterocycles. The van der Waals surface area contributed by atoms with Gasteiger partial charge in [-0.15, -0.1) is 0 Å². The van der Waals surface area contributed by atoms with Crippen molar-refractivity contribution < 1.29 is 4.39 Å². The Morgan fingerprint density at radius 2 is 2.24 bits per heavy atom. The Morgan fingerprint density at radius 3 is 3.00 bits per heavy atom. The lowest BCUT2D eigenvalue weighted by Gasteiger charge is -2.20. The van der Waals surface area contributed by atoms with Crippen molar-refractivity contribution in [1.29, 1.82) is 0 Å². The monoisotopic (exact) mass is 236 g/mol. The van der Waals surface area contributed by atoms with Gasteiger partial charge in [0.2, 0.25) is 0 Å². The van der Waals surface area contributed by atoms with Crippen molar-refractivity contribution in [2.75, 3.05) is 31.1 Å². The number of nitrogens with one attached hydrogen (secondary N) is 1. The van der Waals surface area contributed by atoms with Gasteiger partial charge < -0.3 is 10.2 Å². The van der Waals surface area contributed by atoms with Crippen LogP contribution >= 0.6 is 0 Å². The Labute approximate surface area is 103 Å². The molecule has 0 atom stereocenters. The minimum atomic E-state index is -0.134. The van der Waals surface area contributed by atoms with E-state index in [2.05, 4.69) is 24.1 Å². The lowest BCUT2D eigenvalue weighted by atomic mass is 10.2. The molecular formula is C14H21FN2. The fourth-order valence-corrected chi connectivity index (χ4v) is 2.26. The van der Waals surface area contributed by atoms with Crippen LogP contribution in [0.4, 0.5) is 10.1 Å². The third-order valence-electron chi connectivity index (χ3n) is 3.15. The average Bonchev–Trinajstić information content (AvgIpc) is 2.67. The van der Waals surface area contributed by atoms with Gasteiger partial charge in [-0.05, 0) is 36.6 Å². The lowest BCUT2D eigenvalue weighted by Crippen LogP contribution is -2.32. The molecule has 1 aliphatic heterocycles. The SMILES string of the molecule is CC(C)CNCCN1CCc2ccc(F)cc21. The maximum absolute atomic E-state index is 13.2. The van der Waals surface area contributed by atoms with Crippen LogP contribution in [0, 0.1) is 11.7 Å². The van der Waals surface area contributed by atoms with E-state index in [1.807, 2.05) is 6.07 Å². The maximum atomic E-state index is 13.2. The van der Waals surface area contributed by atoms with Crippen molar-refractivity contribution >= 4 is 5.69 Å². The van der Waals surface area contributed by atoms with Gasteiger partial charge in [0.1, 0.15) is 5.82 Å². The van der Waals surface area contributed by atoms with Crippen LogP contribution in [0.1, 0.15) is 19.4 Å². The van der Waals surface area contributed by atoms with Crippen LogP contribution < -0.4 is 10.2 Å². The topological polar surface area (TPSA) is 15.3 Å². The minimum absolute atomic E-state index is 0.134. The molecule has 0 saturated heterocycles. The van der Waals surface area contributed by atoms with Gasteiger partial charge in [-0.3, -0.25) is 0 Å². The molecule has 0 aliphatic carbocycles. The van der Waals surface area contributed by atoms with Crippen LogP contribution in [0.3, 0.4) is 0 Å². The van der Waals surface area contributed by atoms with E-state index in [0.29, 0.717) is 5.92 Å². The summed E-state index contributed by atoms with van der Waals surface area (Å²) in [7, 11) is 0. The first-order chi connectivity index (χ1) is 8.16. The van der Waals surface area contributed by atoms with Crippen LogP contribution in [0.15, 0.2) is 18.2 Å². The largest absolute Gasteiger partial charge is 0.370 e. The van der Waals surface area contributed by atoms with Crippen LogP contribution in [0.25, 0.3) is 0 Å². The predicted molar refractivity (Wildman–Crippen MR) is 70.0 cm³/mol. The predicted octanol–water partition coefficient (Wildman–Crippen LogP) is 2.43. The van der Waals surface area contributed by atoms with E-state index in [1.165, 1.54) is 5.56 Å². The summed E-state index contributed by atoms with van der Waals surface area (Å²) in [5, 5.41) is 3.42. The van der Waals surface area contributed by atoms with Crippen molar-refractivity contribution in [3.05, 3.63) is 29.6 Å². The molecule has 17 heavy (non-hydrogen) atoms. The van der Waals surface area contributed by atoms with Gasteiger partial charge in [0.25, 0.3) is 0 Å². The van der Waals surface area contributed by atoms with Gasteiger partial charge in [0.15, 0.2) is 0 Å². The highest BCUT2D eigenvalue weighted by Gasteiger charge is 2.18. The molecule has 0 aromatic heterocycles. The number of benzene rings is 1. The molecule has 0 amide bonds. The minimum Gasteiger partial charge on any atom is -0.370 e. The molecule has 3 heteroatoms. The van der Waals surface area contributed by atoms with Crippen molar-refractivity contribution in [2.45, 2.75) is 20.3 Å². The molecule has 0 unspecified atom stereocenters. The van der Waals surface area contributed by atoms with Gasteiger partial charge in [-0.2, -0.15) is 0 Å². The van der Waals surface area contributed by atoms with Crippen molar-refractivity contribution in [1.82, 2.24) is 5.32 Å². The Hall–Kier alpha value is -1.09. The number of hydrogen-bond acceptors (Lipinski definition) is 2. The number of hydrogen-bond donors (Lipinski definition) is 1. The standard InChI is InChI=1S/C14H21FN2/c1-11(2)10-16-6-8-17-7-5-12-3-4-13(15)9-14(12)17/h3-4,9,11,16H,5-8,10H2,1-2H3. The van der Waals surface area contributed by atoms with E-state index in [9.17, 15) is 4.39 Å². The van der Waals surface area contributed by atoms with Crippen LogP contribution in [-0.4, -0.2) is 26.2 Å². The first-order valence-electron chi connectivity index (χ1n) is 6.41. The fraction of sp³-hybridized carbons (Fsp3) is 0.571. The molecule has 1 aromatic rings. The molecular weight excluding hydrogens is 215 g/mol.